The van der Waals surface area contributed by atoms with E-state index in [-0.39, 0.29) is 19.4 Å². The van der Waals surface area contributed by atoms with Crippen molar-refractivity contribution in [2.45, 2.75) is 109 Å². The number of esters is 1. The quantitative estimate of drug-likeness (QED) is 0.174. The second-order valence-electron chi connectivity index (χ2n) is 8.57. The topological polar surface area (TPSA) is 63.6 Å². The SMILES string of the molecule is [2H]C([2H])([2H])[N+](C)(C)C[C@H](CC(=O)O)OC(=O)CCCCCCCCCCCCCCC. The zero-order valence-electron chi connectivity index (χ0n) is 21.5. The molecular formula is C23H46NO4+. The summed E-state index contributed by atoms with van der Waals surface area (Å²) in [4.78, 5) is 23.2. The number of rotatable bonds is 19. The van der Waals surface area contributed by atoms with Gasteiger partial charge in [0.2, 0.25) is 0 Å². The van der Waals surface area contributed by atoms with E-state index in [1.54, 1.807) is 0 Å². The first-order chi connectivity index (χ1) is 14.5. The highest BCUT2D eigenvalue weighted by Crippen LogP contribution is 2.14. The normalized spacial score (nSPS) is 14.8. The van der Waals surface area contributed by atoms with Crippen LogP contribution in [0.5, 0.6) is 0 Å². The molecule has 0 unspecified atom stereocenters. The highest BCUT2D eigenvalue weighted by Gasteiger charge is 2.24. The van der Waals surface area contributed by atoms with Crippen molar-refractivity contribution in [1.82, 2.24) is 0 Å². The van der Waals surface area contributed by atoms with Crippen LogP contribution in [0.4, 0.5) is 0 Å². The second-order valence-corrected chi connectivity index (χ2v) is 8.57. The van der Waals surface area contributed by atoms with Crippen LogP contribution in [0.1, 0.15) is 107 Å². The third kappa shape index (κ3) is 19.7. The third-order valence-electron chi connectivity index (χ3n) is 4.84. The molecule has 0 aromatic rings. The zero-order chi connectivity index (χ0) is 23.8. The summed E-state index contributed by atoms with van der Waals surface area (Å²) in [5.41, 5.74) is 0. The number of carboxylic acid groups (broad SMARTS) is 1. The molecule has 1 atom stereocenters. The maximum Gasteiger partial charge on any atom is 0.307 e. The molecule has 0 aliphatic rings. The molecule has 0 fully saturated rings. The molecule has 0 spiro atoms. The maximum absolute atomic E-state index is 12.1. The largest absolute Gasteiger partial charge is 0.481 e. The van der Waals surface area contributed by atoms with Gasteiger partial charge < -0.3 is 14.3 Å². The Morgan fingerprint density at radius 2 is 1.36 bits per heavy atom. The number of hydrogen-bond acceptors (Lipinski definition) is 3. The number of aliphatic carboxylic acids is 1. The van der Waals surface area contributed by atoms with Crippen LogP contribution in [0.25, 0.3) is 0 Å². The van der Waals surface area contributed by atoms with Crippen LogP contribution >= 0.6 is 0 Å². The van der Waals surface area contributed by atoms with Gasteiger partial charge in [-0.15, -0.1) is 0 Å². The number of nitrogens with zero attached hydrogens (tertiary/aromatic N) is 1. The second kappa shape index (κ2) is 16.8. The molecule has 5 heteroatoms. The lowest BCUT2D eigenvalue weighted by Crippen LogP contribution is -2.43. The monoisotopic (exact) mass is 403 g/mol. The van der Waals surface area contributed by atoms with E-state index in [0.29, 0.717) is 6.42 Å². The molecule has 0 aromatic heterocycles. The van der Waals surface area contributed by atoms with E-state index < -0.39 is 29.5 Å². The van der Waals surface area contributed by atoms with Crippen molar-refractivity contribution in [3.63, 3.8) is 0 Å². The van der Waals surface area contributed by atoms with Crippen LogP contribution in [-0.2, 0) is 14.3 Å². The summed E-state index contributed by atoms with van der Waals surface area (Å²) in [5.74, 6) is -1.55. The third-order valence-corrected chi connectivity index (χ3v) is 4.84. The maximum atomic E-state index is 12.1. The Bertz CT molecular complexity index is 496. The Kier molecular flexibility index (Phi) is 13.0. The predicted octanol–water partition coefficient (Wildman–Crippen LogP) is 5.56. The van der Waals surface area contributed by atoms with Crippen LogP contribution in [0.15, 0.2) is 0 Å². The molecule has 0 radical (unpaired) electrons. The van der Waals surface area contributed by atoms with Gasteiger partial charge in [0, 0.05) is 6.42 Å². The van der Waals surface area contributed by atoms with E-state index in [1.165, 1.54) is 78.3 Å². The first-order valence-electron chi connectivity index (χ1n) is 12.7. The lowest BCUT2D eigenvalue weighted by molar-refractivity contribution is -0.873. The fourth-order valence-corrected chi connectivity index (χ4v) is 3.38. The average Bonchev–Trinajstić information content (AvgIpc) is 2.63. The summed E-state index contributed by atoms with van der Waals surface area (Å²) in [6.45, 7) is -0.131. The molecule has 0 aromatic carbocycles. The van der Waals surface area contributed by atoms with Gasteiger partial charge in [-0.25, -0.2) is 0 Å². The van der Waals surface area contributed by atoms with Gasteiger partial charge in [0.15, 0.2) is 6.10 Å². The summed E-state index contributed by atoms with van der Waals surface area (Å²) < 4.78 is 27.6. The Balaban J connectivity index is 3.93. The number of likely N-dealkylation sites (N-methyl/N-ethyl adjacent to an activating group) is 1. The van der Waals surface area contributed by atoms with Gasteiger partial charge in [0.05, 0.1) is 31.6 Å². The van der Waals surface area contributed by atoms with Crippen LogP contribution in [0, 0.1) is 0 Å². The fraction of sp³-hybridized carbons (Fsp3) is 0.913. The summed E-state index contributed by atoms with van der Waals surface area (Å²) in [7, 11) is 2.98. The Morgan fingerprint density at radius 3 is 1.79 bits per heavy atom. The number of ether oxygens (including phenoxy) is 1. The first-order valence-corrected chi connectivity index (χ1v) is 11.2. The van der Waals surface area contributed by atoms with Gasteiger partial charge in [0.1, 0.15) is 6.54 Å². The number of carbonyl (C=O) groups excluding carboxylic acids is 1. The highest BCUT2D eigenvalue weighted by atomic mass is 16.5. The van der Waals surface area contributed by atoms with Crippen molar-refractivity contribution in [2.75, 3.05) is 27.6 Å². The summed E-state index contributed by atoms with van der Waals surface area (Å²) in [6, 6.07) is 0. The minimum atomic E-state index is -2.31. The number of quaternary nitrogens is 1. The van der Waals surface area contributed by atoms with Crippen molar-refractivity contribution < 1.29 is 28.0 Å². The minimum Gasteiger partial charge on any atom is -0.481 e. The molecule has 0 aliphatic heterocycles. The standard InChI is InChI=1S/C23H45NO4/c1-5-6-7-8-9-10-11-12-13-14-15-16-17-18-23(27)28-21(19-22(25)26)20-24(2,3)4/h21H,5-20H2,1-4H3/p+1/t21-/m0/s1/i2D3. The molecule has 5 nitrogen and oxygen atoms in total. The predicted molar refractivity (Wildman–Crippen MR) is 115 cm³/mol. The van der Waals surface area contributed by atoms with Gasteiger partial charge in [-0.3, -0.25) is 9.59 Å². The molecule has 0 heterocycles. The van der Waals surface area contributed by atoms with E-state index >= 15 is 0 Å². The van der Waals surface area contributed by atoms with E-state index in [4.69, 9.17) is 14.0 Å². The lowest BCUT2D eigenvalue weighted by atomic mass is 10.0. The molecular weight excluding hydrogens is 354 g/mol. The molecule has 0 amide bonds. The molecule has 0 bridgehead atoms. The molecule has 0 aliphatic carbocycles. The lowest BCUT2D eigenvalue weighted by Gasteiger charge is -2.28. The molecule has 0 saturated heterocycles. The molecule has 166 valence electrons. The van der Waals surface area contributed by atoms with E-state index in [2.05, 4.69) is 6.92 Å². The number of carbonyl (C=O) groups is 2. The number of unbranched alkanes of at least 4 members (excludes halogenated alkanes) is 12. The Hall–Kier alpha value is -1.10. The van der Waals surface area contributed by atoms with Crippen LogP contribution in [-0.4, -0.2) is 55.2 Å². The van der Waals surface area contributed by atoms with E-state index in [0.717, 1.165) is 12.8 Å². The van der Waals surface area contributed by atoms with Gasteiger partial charge in [-0.1, -0.05) is 84.0 Å². The average molecular weight is 404 g/mol. The summed E-state index contributed by atoms with van der Waals surface area (Å²) in [6.07, 6.45) is 14.8. The molecule has 28 heavy (non-hydrogen) atoms. The van der Waals surface area contributed by atoms with E-state index in [9.17, 15) is 9.59 Å². The molecule has 0 saturated carbocycles. The van der Waals surface area contributed by atoms with E-state index in [1.807, 2.05) is 0 Å². The summed E-state index contributed by atoms with van der Waals surface area (Å²) in [5, 5.41) is 9.06. The van der Waals surface area contributed by atoms with Crippen molar-refractivity contribution in [2.24, 2.45) is 0 Å². The molecule has 1 N–H and O–H groups in total. The Labute approximate surface area is 177 Å². The molecule has 0 rings (SSSR count). The van der Waals surface area contributed by atoms with Gasteiger partial charge in [0.25, 0.3) is 0 Å². The van der Waals surface area contributed by atoms with Crippen LogP contribution in [0.3, 0.4) is 0 Å². The zero-order valence-corrected chi connectivity index (χ0v) is 18.5. The van der Waals surface area contributed by atoms with Gasteiger partial charge in [-0.2, -0.15) is 0 Å². The van der Waals surface area contributed by atoms with Gasteiger partial charge >= 0.3 is 11.9 Å². The van der Waals surface area contributed by atoms with Crippen LogP contribution < -0.4 is 0 Å². The fourth-order valence-electron chi connectivity index (χ4n) is 3.38. The first kappa shape index (κ1) is 21.6. The van der Waals surface area contributed by atoms with Crippen molar-refractivity contribution in [3.05, 3.63) is 0 Å². The van der Waals surface area contributed by atoms with Gasteiger partial charge in [-0.05, 0) is 6.42 Å². The highest BCUT2D eigenvalue weighted by molar-refractivity contribution is 5.71. The van der Waals surface area contributed by atoms with Crippen molar-refractivity contribution in [1.29, 1.82) is 0 Å². The summed E-state index contributed by atoms with van der Waals surface area (Å²) >= 11 is 0. The number of carboxylic acids is 1. The smallest absolute Gasteiger partial charge is 0.307 e. The van der Waals surface area contributed by atoms with Crippen molar-refractivity contribution >= 4 is 11.9 Å². The minimum absolute atomic E-state index is 0.0624. The van der Waals surface area contributed by atoms with Crippen LogP contribution in [0.2, 0.25) is 0 Å². The van der Waals surface area contributed by atoms with Crippen molar-refractivity contribution in [3.8, 4) is 0 Å². The number of hydrogen-bond donors (Lipinski definition) is 1. The Morgan fingerprint density at radius 1 is 0.893 bits per heavy atom.